The Balaban J connectivity index is 3.19. The minimum atomic E-state index is 0.347. The normalized spacial score (nSPS) is 17.1. The SMILES string of the molecule is BC(C)CN/C=C\C(C)S. The van der Waals surface area contributed by atoms with Crippen LogP contribution in [0.3, 0.4) is 0 Å². The molecule has 3 heteroatoms. The molecule has 0 fully saturated rings. The third kappa shape index (κ3) is 7.95. The molecule has 0 saturated carbocycles. The van der Waals surface area contributed by atoms with Crippen LogP contribution in [-0.2, 0) is 0 Å². The van der Waals surface area contributed by atoms with E-state index in [1.54, 1.807) is 0 Å². The van der Waals surface area contributed by atoms with Gasteiger partial charge < -0.3 is 5.32 Å². The third-order valence-corrected chi connectivity index (χ3v) is 1.19. The molecular weight excluding hydrogens is 141 g/mol. The van der Waals surface area contributed by atoms with Gasteiger partial charge in [0.05, 0.1) is 0 Å². The Morgan fingerprint density at radius 3 is 2.60 bits per heavy atom. The van der Waals surface area contributed by atoms with Crippen molar-refractivity contribution in [3.63, 3.8) is 0 Å². The van der Waals surface area contributed by atoms with Crippen molar-refractivity contribution in [3.8, 4) is 0 Å². The Hall–Kier alpha value is -0.0451. The fourth-order valence-corrected chi connectivity index (χ4v) is 0.597. The van der Waals surface area contributed by atoms with E-state index in [4.69, 9.17) is 0 Å². The summed E-state index contributed by atoms with van der Waals surface area (Å²) in [4.78, 5) is 0. The molecular formula is C7H16BNS. The zero-order valence-electron chi connectivity index (χ0n) is 6.96. The largest absolute Gasteiger partial charge is 0.392 e. The minimum absolute atomic E-state index is 0.347. The van der Waals surface area contributed by atoms with Crippen LogP contribution in [0.4, 0.5) is 0 Å². The molecule has 1 nitrogen and oxygen atoms in total. The third-order valence-electron chi connectivity index (χ3n) is 1.02. The van der Waals surface area contributed by atoms with Crippen molar-refractivity contribution in [1.29, 1.82) is 0 Å². The molecule has 0 aromatic heterocycles. The van der Waals surface area contributed by atoms with Crippen LogP contribution in [0.25, 0.3) is 0 Å². The van der Waals surface area contributed by atoms with Crippen molar-refractivity contribution >= 4 is 20.5 Å². The van der Waals surface area contributed by atoms with Crippen LogP contribution < -0.4 is 5.32 Å². The lowest BCUT2D eigenvalue weighted by molar-refractivity contribution is 0.804. The Morgan fingerprint density at radius 1 is 1.60 bits per heavy atom. The Labute approximate surface area is 70.1 Å². The molecule has 0 spiro atoms. The summed E-state index contributed by atoms with van der Waals surface area (Å²) >= 11 is 4.20. The van der Waals surface area contributed by atoms with Gasteiger partial charge in [0, 0.05) is 11.8 Å². The lowest BCUT2D eigenvalue weighted by Gasteiger charge is -2.03. The highest BCUT2D eigenvalue weighted by Crippen LogP contribution is 1.93. The molecule has 0 amide bonds. The van der Waals surface area contributed by atoms with Gasteiger partial charge in [0.25, 0.3) is 0 Å². The fourth-order valence-electron chi connectivity index (χ4n) is 0.511. The summed E-state index contributed by atoms with van der Waals surface area (Å²) in [5.41, 5.74) is 0. The smallest absolute Gasteiger partial charge is 0.107 e. The van der Waals surface area contributed by atoms with Crippen molar-refractivity contribution in [1.82, 2.24) is 5.32 Å². The number of hydrogen-bond acceptors (Lipinski definition) is 2. The van der Waals surface area contributed by atoms with Gasteiger partial charge in [-0.05, 0) is 13.1 Å². The maximum absolute atomic E-state index is 4.20. The van der Waals surface area contributed by atoms with Crippen LogP contribution in [0, 0.1) is 0 Å². The van der Waals surface area contributed by atoms with Gasteiger partial charge in [-0.2, -0.15) is 12.6 Å². The highest BCUT2D eigenvalue weighted by atomic mass is 32.1. The van der Waals surface area contributed by atoms with Crippen LogP contribution in [-0.4, -0.2) is 19.6 Å². The molecule has 10 heavy (non-hydrogen) atoms. The van der Waals surface area contributed by atoms with Crippen LogP contribution >= 0.6 is 12.6 Å². The fraction of sp³-hybridized carbons (Fsp3) is 0.714. The molecule has 0 aliphatic heterocycles. The molecule has 1 N–H and O–H groups in total. The van der Waals surface area contributed by atoms with E-state index in [-0.39, 0.29) is 0 Å². The average Bonchev–Trinajstić information content (AvgIpc) is 1.79. The number of nitrogens with one attached hydrogen (secondary N) is 1. The minimum Gasteiger partial charge on any atom is -0.392 e. The zero-order chi connectivity index (χ0) is 7.98. The lowest BCUT2D eigenvalue weighted by Crippen LogP contribution is -2.11. The van der Waals surface area contributed by atoms with E-state index < -0.39 is 0 Å². The maximum Gasteiger partial charge on any atom is 0.107 e. The second-order valence-electron chi connectivity index (χ2n) is 2.90. The molecule has 2 atom stereocenters. The maximum atomic E-state index is 4.20. The van der Waals surface area contributed by atoms with Crippen molar-refractivity contribution < 1.29 is 0 Å². The molecule has 0 rings (SSSR count). The molecule has 58 valence electrons. The first-order chi connectivity index (χ1) is 4.63. The molecule has 0 radical (unpaired) electrons. The Morgan fingerprint density at radius 2 is 2.20 bits per heavy atom. The summed E-state index contributed by atoms with van der Waals surface area (Å²) in [6, 6.07) is 0. The van der Waals surface area contributed by atoms with Crippen LogP contribution in [0.2, 0.25) is 5.82 Å². The molecule has 0 aliphatic rings. The predicted octanol–water partition coefficient (Wildman–Crippen LogP) is 0.849. The summed E-state index contributed by atoms with van der Waals surface area (Å²) in [6.07, 6.45) is 4.00. The van der Waals surface area contributed by atoms with Crippen molar-refractivity contribution in [3.05, 3.63) is 12.3 Å². The first kappa shape index (κ1) is 9.95. The summed E-state index contributed by atoms with van der Waals surface area (Å²) in [6.45, 7) is 5.26. The van der Waals surface area contributed by atoms with Crippen molar-refractivity contribution in [2.75, 3.05) is 6.54 Å². The van der Waals surface area contributed by atoms with E-state index in [0.717, 1.165) is 6.54 Å². The Kier molecular flexibility index (Phi) is 5.69. The van der Waals surface area contributed by atoms with E-state index in [0.29, 0.717) is 11.1 Å². The molecule has 0 saturated heterocycles. The van der Waals surface area contributed by atoms with Crippen molar-refractivity contribution in [2.24, 2.45) is 0 Å². The standard InChI is InChI=1S/C7H16BNS/c1-6(8)5-9-4-3-7(2)10/h3-4,6-7,9-10H,5,8H2,1-2H3/b4-3-. The second-order valence-corrected chi connectivity index (χ2v) is 3.72. The van der Waals surface area contributed by atoms with Gasteiger partial charge in [-0.1, -0.05) is 18.8 Å². The van der Waals surface area contributed by atoms with Gasteiger partial charge >= 0.3 is 0 Å². The van der Waals surface area contributed by atoms with Crippen LogP contribution in [0.1, 0.15) is 13.8 Å². The van der Waals surface area contributed by atoms with Crippen LogP contribution in [0.15, 0.2) is 12.3 Å². The monoisotopic (exact) mass is 157 g/mol. The van der Waals surface area contributed by atoms with Gasteiger partial charge in [0.2, 0.25) is 0 Å². The van der Waals surface area contributed by atoms with E-state index in [1.807, 2.05) is 19.2 Å². The van der Waals surface area contributed by atoms with Gasteiger partial charge in [0.15, 0.2) is 0 Å². The summed E-state index contributed by atoms with van der Waals surface area (Å²) in [5.74, 6) is 0.708. The van der Waals surface area contributed by atoms with E-state index in [1.165, 1.54) is 0 Å². The molecule has 0 aromatic carbocycles. The molecule has 0 aromatic rings. The number of hydrogen-bond donors (Lipinski definition) is 2. The average molecular weight is 157 g/mol. The highest BCUT2D eigenvalue weighted by molar-refractivity contribution is 7.81. The molecule has 0 heterocycles. The van der Waals surface area contributed by atoms with E-state index in [9.17, 15) is 0 Å². The zero-order valence-corrected chi connectivity index (χ0v) is 7.86. The summed E-state index contributed by atoms with van der Waals surface area (Å²) in [5, 5.41) is 3.53. The number of thiol groups is 1. The second kappa shape index (κ2) is 5.72. The van der Waals surface area contributed by atoms with Crippen LogP contribution in [0.5, 0.6) is 0 Å². The highest BCUT2D eigenvalue weighted by Gasteiger charge is 1.88. The predicted molar refractivity (Wildman–Crippen MR) is 53.6 cm³/mol. The lowest BCUT2D eigenvalue weighted by atomic mass is 9.90. The van der Waals surface area contributed by atoms with Gasteiger partial charge in [-0.15, -0.1) is 0 Å². The number of rotatable bonds is 4. The quantitative estimate of drug-likeness (QED) is 0.455. The van der Waals surface area contributed by atoms with Gasteiger partial charge in [0.1, 0.15) is 7.85 Å². The van der Waals surface area contributed by atoms with Gasteiger partial charge in [-0.3, -0.25) is 0 Å². The summed E-state index contributed by atoms with van der Waals surface area (Å²) < 4.78 is 0. The molecule has 2 unspecified atom stereocenters. The van der Waals surface area contributed by atoms with E-state index in [2.05, 4.69) is 32.7 Å². The Bertz CT molecular complexity index is 102. The molecule has 0 aliphatic carbocycles. The van der Waals surface area contributed by atoms with Crippen molar-refractivity contribution in [2.45, 2.75) is 24.9 Å². The topological polar surface area (TPSA) is 12.0 Å². The molecule has 0 bridgehead atoms. The first-order valence-corrected chi connectivity index (χ1v) is 4.22. The first-order valence-electron chi connectivity index (χ1n) is 3.71. The summed E-state index contributed by atoms with van der Waals surface area (Å²) in [7, 11) is 2.19. The van der Waals surface area contributed by atoms with Gasteiger partial charge in [-0.25, -0.2) is 0 Å². The van der Waals surface area contributed by atoms with E-state index >= 15 is 0 Å².